The number of aromatic nitrogens is 1. The van der Waals surface area contributed by atoms with E-state index in [1.54, 1.807) is 11.0 Å². The summed E-state index contributed by atoms with van der Waals surface area (Å²) in [5.74, 6) is -0.00869. The van der Waals surface area contributed by atoms with Crippen LogP contribution in [-0.2, 0) is 0 Å². The van der Waals surface area contributed by atoms with E-state index in [0.717, 1.165) is 25.9 Å². The fourth-order valence-electron chi connectivity index (χ4n) is 3.27. The largest absolute Gasteiger partial charge is 0.339 e. The van der Waals surface area contributed by atoms with Gasteiger partial charge in [-0.1, -0.05) is 6.92 Å². The number of carbonyl (C=O) groups excluding carboxylic acids is 1. The van der Waals surface area contributed by atoms with Crippen LogP contribution in [0, 0.1) is 11.7 Å². The van der Waals surface area contributed by atoms with E-state index in [2.05, 4.69) is 17.2 Å². The van der Waals surface area contributed by atoms with E-state index in [-0.39, 0.29) is 5.91 Å². The van der Waals surface area contributed by atoms with Crippen LogP contribution < -0.4 is 10.9 Å². The monoisotopic (exact) mass is 331 g/mol. The number of carbonyl (C=O) groups is 1. The summed E-state index contributed by atoms with van der Waals surface area (Å²) in [7, 11) is 0. The molecule has 0 radical (unpaired) electrons. The Morgan fingerprint density at radius 3 is 2.79 bits per heavy atom. The molecule has 1 aliphatic heterocycles. The first-order valence-electron chi connectivity index (χ1n) is 8.41. The molecule has 1 fully saturated rings. The molecule has 1 aromatic heterocycles. The van der Waals surface area contributed by atoms with Gasteiger partial charge in [0.2, 0.25) is 5.56 Å². The molecule has 6 heteroatoms. The van der Waals surface area contributed by atoms with Crippen molar-refractivity contribution >= 4 is 16.8 Å². The predicted octanol–water partition coefficient (Wildman–Crippen LogP) is 2.13. The van der Waals surface area contributed by atoms with Gasteiger partial charge in [-0.25, -0.2) is 4.39 Å². The zero-order chi connectivity index (χ0) is 17.1. The molecule has 0 bridgehead atoms. The zero-order valence-corrected chi connectivity index (χ0v) is 13.8. The van der Waals surface area contributed by atoms with Crippen molar-refractivity contribution in [2.24, 2.45) is 5.92 Å². The number of benzene rings is 1. The number of piperidine rings is 1. The molecule has 128 valence electrons. The fourth-order valence-corrected chi connectivity index (χ4v) is 3.27. The number of amides is 1. The Balaban J connectivity index is 1.81. The molecule has 3 rings (SSSR count). The topological polar surface area (TPSA) is 65.2 Å². The number of H-pyrrole nitrogens is 1. The summed E-state index contributed by atoms with van der Waals surface area (Å²) in [4.78, 5) is 29.0. The Bertz CT molecular complexity index is 794. The zero-order valence-electron chi connectivity index (χ0n) is 13.8. The molecule has 1 aromatic carbocycles. The highest BCUT2D eigenvalue weighted by atomic mass is 19.1. The lowest BCUT2D eigenvalue weighted by Gasteiger charge is -2.32. The van der Waals surface area contributed by atoms with Crippen LogP contribution in [0.3, 0.4) is 0 Å². The second-order valence-electron chi connectivity index (χ2n) is 6.28. The lowest BCUT2D eigenvalue weighted by atomic mass is 9.96. The number of hydrogen-bond donors (Lipinski definition) is 2. The summed E-state index contributed by atoms with van der Waals surface area (Å²) in [5.41, 5.74) is 0.310. The number of hydrogen-bond acceptors (Lipinski definition) is 3. The normalized spacial score (nSPS) is 15.8. The molecule has 24 heavy (non-hydrogen) atoms. The maximum Gasteiger partial charge on any atom is 0.254 e. The molecule has 0 unspecified atom stereocenters. The summed E-state index contributed by atoms with van der Waals surface area (Å²) in [6.07, 6.45) is 1.91. The minimum Gasteiger partial charge on any atom is -0.339 e. The molecule has 1 saturated heterocycles. The summed E-state index contributed by atoms with van der Waals surface area (Å²) < 4.78 is 13.4. The van der Waals surface area contributed by atoms with E-state index in [1.165, 1.54) is 18.2 Å². The average molecular weight is 331 g/mol. The van der Waals surface area contributed by atoms with Crippen molar-refractivity contribution in [3.05, 3.63) is 46.0 Å². The molecular formula is C18H22FN3O2. The highest BCUT2D eigenvalue weighted by Gasteiger charge is 2.24. The molecule has 0 aliphatic carbocycles. The third-order valence-corrected chi connectivity index (χ3v) is 4.62. The van der Waals surface area contributed by atoms with Crippen LogP contribution in [0.2, 0.25) is 0 Å². The number of pyridine rings is 1. The highest BCUT2D eigenvalue weighted by molar-refractivity contribution is 6.06. The summed E-state index contributed by atoms with van der Waals surface area (Å²) in [6, 6.07) is 5.41. The molecule has 0 spiro atoms. The van der Waals surface area contributed by atoms with Crippen LogP contribution in [0.1, 0.15) is 30.1 Å². The minimum atomic E-state index is -0.438. The second-order valence-corrected chi connectivity index (χ2v) is 6.28. The van der Waals surface area contributed by atoms with Crippen molar-refractivity contribution in [2.75, 3.05) is 26.2 Å². The number of aromatic amines is 1. The molecule has 1 amide bonds. The number of halogens is 1. The molecule has 1 aliphatic rings. The van der Waals surface area contributed by atoms with Crippen LogP contribution in [-0.4, -0.2) is 42.0 Å². The standard InChI is InChI=1S/C18H22FN3O2/c1-2-20-11-12-5-7-22(8-6-12)18(24)15-10-17(23)21-16-9-13(19)3-4-14(15)16/h3-4,9-10,12,20H,2,5-8,11H2,1H3,(H,21,23). The lowest BCUT2D eigenvalue weighted by molar-refractivity contribution is 0.0692. The first-order valence-corrected chi connectivity index (χ1v) is 8.41. The number of nitrogens with zero attached hydrogens (tertiary/aromatic N) is 1. The first kappa shape index (κ1) is 16.6. The van der Waals surface area contributed by atoms with Crippen LogP contribution in [0.15, 0.2) is 29.1 Å². The SMILES string of the molecule is CCNCC1CCN(C(=O)c2cc(=O)[nH]c3cc(F)ccc23)CC1. The van der Waals surface area contributed by atoms with Gasteiger partial charge < -0.3 is 15.2 Å². The minimum absolute atomic E-state index is 0.153. The van der Waals surface area contributed by atoms with Gasteiger partial charge in [-0.3, -0.25) is 9.59 Å². The van der Waals surface area contributed by atoms with Crippen molar-refractivity contribution in [3.63, 3.8) is 0 Å². The third kappa shape index (κ3) is 3.48. The van der Waals surface area contributed by atoms with Crippen molar-refractivity contribution < 1.29 is 9.18 Å². The van der Waals surface area contributed by atoms with Crippen LogP contribution in [0.4, 0.5) is 4.39 Å². The Morgan fingerprint density at radius 1 is 1.33 bits per heavy atom. The van der Waals surface area contributed by atoms with E-state index in [1.807, 2.05) is 0 Å². The summed E-state index contributed by atoms with van der Waals surface area (Å²) in [6.45, 7) is 5.38. The quantitative estimate of drug-likeness (QED) is 0.902. The van der Waals surface area contributed by atoms with Crippen molar-refractivity contribution in [3.8, 4) is 0 Å². The van der Waals surface area contributed by atoms with Gasteiger partial charge in [0.1, 0.15) is 5.82 Å². The van der Waals surface area contributed by atoms with E-state index in [9.17, 15) is 14.0 Å². The van der Waals surface area contributed by atoms with E-state index >= 15 is 0 Å². The Morgan fingerprint density at radius 2 is 2.08 bits per heavy atom. The second kappa shape index (κ2) is 7.13. The first-order chi connectivity index (χ1) is 11.6. The number of fused-ring (bicyclic) bond motifs is 1. The van der Waals surface area contributed by atoms with Crippen molar-refractivity contribution in [1.29, 1.82) is 0 Å². The predicted molar refractivity (Wildman–Crippen MR) is 91.7 cm³/mol. The summed E-state index contributed by atoms with van der Waals surface area (Å²) in [5, 5.41) is 3.93. The third-order valence-electron chi connectivity index (χ3n) is 4.62. The van der Waals surface area contributed by atoms with E-state index < -0.39 is 11.4 Å². The van der Waals surface area contributed by atoms with E-state index in [0.29, 0.717) is 35.5 Å². The number of likely N-dealkylation sites (tertiary alicyclic amines) is 1. The number of nitrogens with one attached hydrogen (secondary N) is 2. The fraction of sp³-hybridized carbons (Fsp3) is 0.444. The van der Waals surface area contributed by atoms with Gasteiger partial charge in [-0.2, -0.15) is 0 Å². The smallest absolute Gasteiger partial charge is 0.254 e. The Labute approximate surface area is 139 Å². The lowest BCUT2D eigenvalue weighted by Crippen LogP contribution is -2.41. The van der Waals surface area contributed by atoms with Crippen LogP contribution >= 0.6 is 0 Å². The van der Waals surface area contributed by atoms with Gasteiger partial charge in [0, 0.05) is 24.5 Å². The van der Waals surface area contributed by atoms with Crippen molar-refractivity contribution in [1.82, 2.24) is 15.2 Å². The maximum absolute atomic E-state index is 13.4. The van der Waals surface area contributed by atoms with E-state index in [4.69, 9.17) is 0 Å². The van der Waals surface area contributed by atoms with Gasteiger partial charge in [0.15, 0.2) is 0 Å². The van der Waals surface area contributed by atoms with Gasteiger partial charge in [0.25, 0.3) is 5.91 Å². The van der Waals surface area contributed by atoms with Gasteiger partial charge in [-0.15, -0.1) is 0 Å². The molecule has 5 nitrogen and oxygen atoms in total. The highest BCUT2D eigenvalue weighted by Crippen LogP contribution is 2.22. The van der Waals surface area contributed by atoms with Crippen molar-refractivity contribution in [2.45, 2.75) is 19.8 Å². The van der Waals surface area contributed by atoms with Gasteiger partial charge in [0.05, 0.1) is 11.1 Å². The molecule has 2 N–H and O–H groups in total. The molecule has 2 heterocycles. The maximum atomic E-state index is 13.4. The van der Waals surface area contributed by atoms with Crippen LogP contribution in [0.5, 0.6) is 0 Å². The molecule has 0 atom stereocenters. The summed E-state index contributed by atoms with van der Waals surface area (Å²) >= 11 is 0. The van der Waals surface area contributed by atoms with Gasteiger partial charge in [-0.05, 0) is 50.0 Å². The van der Waals surface area contributed by atoms with Crippen LogP contribution in [0.25, 0.3) is 10.9 Å². The average Bonchev–Trinajstić information content (AvgIpc) is 2.58. The Hall–Kier alpha value is -2.21. The molecule has 2 aromatic rings. The Kier molecular flexibility index (Phi) is 4.94. The van der Waals surface area contributed by atoms with Gasteiger partial charge >= 0.3 is 0 Å². The number of rotatable bonds is 4. The molecular weight excluding hydrogens is 309 g/mol. The molecule has 0 saturated carbocycles.